The molecule has 1 aliphatic carbocycles. The maximum absolute atomic E-state index is 6.12. The molecule has 1 saturated carbocycles. The van der Waals surface area contributed by atoms with Crippen molar-refractivity contribution < 1.29 is 4.74 Å². The van der Waals surface area contributed by atoms with Gasteiger partial charge in [-0.2, -0.15) is 0 Å². The lowest BCUT2D eigenvalue weighted by molar-refractivity contribution is 0.0969. The average Bonchev–Trinajstić information content (AvgIpc) is 2.39. The lowest BCUT2D eigenvalue weighted by atomic mass is 9.86. The first-order valence-corrected chi connectivity index (χ1v) is 6.79. The van der Waals surface area contributed by atoms with Crippen LogP contribution in [0.3, 0.4) is 0 Å². The molecule has 2 unspecified atom stereocenters. The van der Waals surface area contributed by atoms with E-state index in [1.54, 1.807) is 0 Å². The molecule has 2 heteroatoms. The highest BCUT2D eigenvalue weighted by molar-refractivity contribution is 5.28. The SMILES string of the molecule is CCc1cccc(OC2CCCCC2CN)c1. The maximum Gasteiger partial charge on any atom is 0.120 e. The van der Waals surface area contributed by atoms with Gasteiger partial charge in [-0.1, -0.05) is 25.5 Å². The van der Waals surface area contributed by atoms with Gasteiger partial charge in [0.15, 0.2) is 0 Å². The van der Waals surface area contributed by atoms with Crippen molar-refractivity contribution in [3.63, 3.8) is 0 Å². The van der Waals surface area contributed by atoms with Crippen molar-refractivity contribution in [2.75, 3.05) is 6.54 Å². The van der Waals surface area contributed by atoms with Crippen LogP contribution in [-0.2, 0) is 6.42 Å². The summed E-state index contributed by atoms with van der Waals surface area (Å²) in [5.74, 6) is 1.55. The molecule has 1 aliphatic rings. The Hall–Kier alpha value is -1.02. The number of hydrogen-bond acceptors (Lipinski definition) is 2. The minimum atomic E-state index is 0.320. The Morgan fingerprint density at radius 3 is 2.88 bits per heavy atom. The molecule has 2 N–H and O–H groups in total. The Kier molecular flexibility index (Phi) is 4.43. The molecule has 2 rings (SSSR count). The van der Waals surface area contributed by atoms with Crippen LogP contribution in [0, 0.1) is 5.92 Å². The highest BCUT2D eigenvalue weighted by Gasteiger charge is 2.25. The third-order valence-electron chi connectivity index (χ3n) is 3.74. The summed E-state index contributed by atoms with van der Waals surface area (Å²) in [4.78, 5) is 0. The number of aryl methyl sites for hydroxylation is 1. The maximum atomic E-state index is 6.12. The van der Waals surface area contributed by atoms with Crippen LogP contribution < -0.4 is 10.5 Å². The second-order valence-electron chi connectivity index (χ2n) is 4.94. The summed E-state index contributed by atoms with van der Waals surface area (Å²) in [6.07, 6.45) is 6.32. The van der Waals surface area contributed by atoms with E-state index in [1.807, 2.05) is 0 Å². The van der Waals surface area contributed by atoms with E-state index in [1.165, 1.54) is 24.8 Å². The number of benzene rings is 1. The minimum absolute atomic E-state index is 0.320. The average molecular weight is 233 g/mol. The van der Waals surface area contributed by atoms with Gasteiger partial charge >= 0.3 is 0 Å². The van der Waals surface area contributed by atoms with Gasteiger partial charge in [-0.25, -0.2) is 0 Å². The van der Waals surface area contributed by atoms with E-state index < -0.39 is 0 Å². The number of nitrogens with two attached hydrogens (primary N) is 1. The van der Waals surface area contributed by atoms with Gasteiger partial charge in [0.2, 0.25) is 0 Å². The van der Waals surface area contributed by atoms with Crippen LogP contribution in [0.15, 0.2) is 24.3 Å². The first-order chi connectivity index (χ1) is 8.33. The van der Waals surface area contributed by atoms with E-state index in [0.717, 1.165) is 25.1 Å². The molecule has 0 spiro atoms. The number of rotatable bonds is 4. The molecule has 0 aliphatic heterocycles. The molecule has 0 radical (unpaired) electrons. The van der Waals surface area contributed by atoms with Gasteiger partial charge in [-0.05, 0) is 49.9 Å². The largest absolute Gasteiger partial charge is 0.490 e. The highest BCUT2D eigenvalue weighted by Crippen LogP contribution is 2.28. The summed E-state index contributed by atoms with van der Waals surface area (Å²) in [7, 11) is 0. The van der Waals surface area contributed by atoms with Gasteiger partial charge in [-0.3, -0.25) is 0 Å². The van der Waals surface area contributed by atoms with Crippen LogP contribution in [0.2, 0.25) is 0 Å². The van der Waals surface area contributed by atoms with Gasteiger partial charge < -0.3 is 10.5 Å². The van der Waals surface area contributed by atoms with E-state index in [9.17, 15) is 0 Å². The summed E-state index contributed by atoms with van der Waals surface area (Å²) in [5.41, 5.74) is 7.16. The number of ether oxygens (including phenoxy) is 1. The molecule has 0 saturated heterocycles. The second kappa shape index (κ2) is 6.06. The van der Waals surface area contributed by atoms with Crippen molar-refractivity contribution >= 4 is 0 Å². The number of hydrogen-bond donors (Lipinski definition) is 1. The molecule has 2 nitrogen and oxygen atoms in total. The summed E-state index contributed by atoms with van der Waals surface area (Å²) in [6, 6.07) is 8.44. The van der Waals surface area contributed by atoms with Gasteiger partial charge in [0, 0.05) is 5.92 Å². The first kappa shape index (κ1) is 12.4. The molecule has 94 valence electrons. The zero-order chi connectivity index (χ0) is 12.1. The van der Waals surface area contributed by atoms with Crippen molar-refractivity contribution in [3.8, 4) is 5.75 Å². The van der Waals surface area contributed by atoms with Crippen molar-refractivity contribution in [1.82, 2.24) is 0 Å². The Balaban J connectivity index is 2.02. The summed E-state index contributed by atoms with van der Waals surface area (Å²) in [6.45, 7) is 2.92. The standard InChI is InChI=1S/C15H23NO/c1-2-12-6-5-8-14(10-12)17-15-9-4-3-7-13(15)11-16/h5-6,8,10,13,15H,2-4,7,9,11,16H2,1H3. The smallest absolute Gasteiger partial charge is 0.120 e. The molecule has 0 aromatic heterocycles. The Morgan fingerprint density at radius 2 is 2.12 bits per heavy atom. The molecule has 17 heavy (non-hydrogen) atoms. The first-order valence-electron chi connectivity index (χ1n) is 6.79. The fourth-order valence-electron chi connectivity index (χ4n) is 2.61. The fraction of sp³-hybridized carbons (Fsp3) is 0.600. The van der Waals surface area contributed by atoms with Gasteiger partial charge in [-0.15, -0.1) is 0 Å². The lowest BCUT2D eigenvalue weighted by Crippen LogP contribution is -2.35. The zero-order valence-electron chi connectivity index (χ0n) is 10.7. The molecule has 1 fully saturated rings. The van der Waals surface area contributed by atoms with Crippen LogP contribution in [-0.4, -0.2) is 12.6 Å². The molecule has 0 amide bonds. The van der Waals surface area contributed by atoms with Crippen LogP contribution in [0.5, 0.6) is 5.75 Å². The highest BCUT2D eigenvalue weighted by atomic mass is 16.5. The predicted molar refractivity (Wildman–Crippen MR) is 71.2 cm³/mol. The quantitative estimate of drug-likeness (QED) is 0.867. The molecule has 0 heterocycles. The van der Waals surface area contributed by atoms with Crippen molar-refractivity contribution in [1.29, 1.82) is 0 Å². The topological polar surface area (TPSA) is 35.2 Å². The fourth-order valence-corrected chi connectivity index (χ4v) is 2.61. The second-order valence-corrected chi connectivity index (χ2v) is 4.94. The molecule has 2 atom stereocenters. The molecular weight excluding hydrogens is 210 g/mol. The monoisotopic (exact) mass is 233 g/mol. The van der Waals surface area contributed by atoms with Crippen molar-refractivity contribution in [2.45, 2.75) is 45.1 Å². The van der Waals surface area contributed by atoms with Crippen LogP contribution in [0.1, 0.15) is 38.2 Å². The molecular formula is C15H23NO. The normalized spacial score (nSPS) is 24.6. The molecule has 0 bridgehead atoms. The third-order valence-corrected chi connectivity index (χ3v) is 3.74. The van der Waals surface area contributed by atoms with E-state index in [2.05, 4.69) is 31.2 Å². The van der Waals surface area contributed by atoms with E-state index in [0.29, 0.717) is 12.0 Å². The minimum Gasteiger partial charge on any atom is -0.490 e. The summed E-state index contributed by atoms with van der Waals surface area (Å²) in [5, 5.41) is 0. The van der Waals surface area contributed by atoms with E-state index in [4.69, 9.17) is 10.5 Å². The van der Waals surface area contributed by atoms with Crippen molar-refractivity contribution in [3.05, 3.63) is 29.8 Å². The summed E-state index contributed by atoms with van der Waals surface area (Å²) < 4.78 is 6.12. The Morgan fingerprint density at radius 1 is 1.29 bits per heavy atom. The molecule has 1 aromatic rings. The van der Waals surface area contributed by atoms with Crippen LogP contribution in [0.4, 0.5) is 0 Å². The molecule has 1 aromatic carbocycles. The van der Waals surface area contributed by atoms with Crippen LogP contribution >= 0.6 is 0 Å². The lowest BCUT2D eigenvalue weighted by Gasteiger charge is -2.31. The van der Waals surface area contributed by atoms with E-state index in [-0.39, 0.29) is 0 Å². The van der Waals surface area contributed by atoms with Gasteiger partial charge in [0.05, 0.1) is 0 Å². The van der Waals surface area contributed by atoms with Gasteiger partial charge in [0.25, 0.3) is 0 Å². The van der Waals surface area contributed by atoms with Gasteiger partial charge in [0.1, 0.15) is 11.9 Å². The third kappa shape index (κ3) is 3.22. The zero-order valence-corrected chi connectivity index (χ0v) is 10.7. The van der Waals surface area contributed by atoms with E-state index >= 15 is 0 Å². The Bertz CT molecular complexity index is 351. The predicted octanol–water partition coefficient (Wildman–Crippen LogP) is 3.15. The summed E-state index contributed by atoms with van der Waals surface area (Å²) >= 11 is 0. The van der Waals surface area contributed by atoms with Crippen LogP contribution in [0.25, 0.3) is 0 Å². The Labute approximate surface area is 104 Å². The van der Waals surface area contributed by atoms with Crippen molar-refractivity contribution in [2.24, 2.45) is 11.7 Å².